The van der Waals surface area contributed by atoms with E-state index in [4.69, 9.17) is 9.16 Å². The molecule has 0 fully saturated rings. The first-order chi connectivity index (χ1) is 19.8. The number of ketones is 1. The molecule has 42 heavy (non-hydrogen) atoms. The largest absolute Gasteiger partial charge is 0.465 e. The molecule has 3 rings (SSSR count). The van der Waals surface area contributed by atoms with Gasteiger partial charge in [0.2, 0.25) is 0 Å². The topological polar surface area (TPSA) is 118 Å². The molecule has 0 saturated carbocycles. The summed E-state index contributed by atoms with van der Waals surface area (Å²) in [5, 5.41) is 12.4. The van der Waals surface area contributed by atoms with Crippen molar-refractivity contribution in [2.75, 3.05) is 11.4 Å². The number of carbonyl (C=O) groups excluding carboxylic acids is 2. The van der Waals surface area contributed by atoms with E-state index < -0.39 is 38.6 Å². The van der Waals surface area contributed by atoms with Gasteiger partial charge < -0.3 is 14.3 Å². The van der Waals surface area contributed by atoms with Crippen LogP contribution in [0, 0.1) is 0 Å². The zero-order chi connectivity index (χ0) is 30.8. The van der Waals surface area contributed by atoms with E-state index in [9.17, 15) is 19.5 Å². The molecule has 2 N–H and O–H groups in total. The minimum Gasteiger partial charge on any atom is -0.465 e. The first kappa shape index (κ1) is 32.2. The Morgan fingerprint density at radius 1 is 0.952 bits per heavy atom. The molecular weight excluding hydrogens is 550 g/mol. The Morgan fingerprint density at radius 2 is 1.57 bits per heavy atom. The number of carbonyl (C=O) groups is 3. The van der Waals surface area contributed by atoms with Crippen molar-refractivity contribution in [3.63, 3.8) is 0 Å². The van der Waals surface area contributed by atoms with E-state index in [2.05, 4.69) is 44.2 Å². The molecule has 1 aromatic heterocycles. The molecule has 0 spiro atoms. The molecule has 0 saturated heterocycles. The fourth-order valence-electron chi connectivity index (χ4n) is 3.91. The number of pyridine rings is 1. The Labute approximate surface area is 248 Å². The Balaban J connectivity index is 1.91. The van der Waals surface area contributed by atoms with Gasteiger partial charge >= 0.3 is 12.2 Å². The van der Waals surface area contributed by atoms with Crippen molar-refractivity contribution in [1.29, 1.82) is 0 Å². The van der Waals surface area contributed by atoms with Crippen molar-refractivity contribution in [3.05, 3.63) is 108 Å². The third-order valence-electron chi connectivity index (χ3n) is 7.17. The number of benzene rings is 2. The molecule has 0 aliphatic heterocycles. The van der Waals surface area contributed by atoms with Gasteiger partial charge in [-0.15, -0.1) is 0 Å². The predicted octanol–water partition coefficient (Wildman–Crippen LogP) is 6.88. The van der Waals surface area contributed by atoms with Crippen LogP contribution in [0.3, 0.4) is 0 Å². The predicted molar refractivity (Wildman–Crippen MR) is 165 cm³/mol. The number of alkyl carbamates (subject to hydrolysis) is 1. The van der Waals surface area contributed by atoms with Gasteiger partial charge in [0.05, 0.1) is 6.54 Å². The number of carboxylic acid groups (broad SMARTS) is 1. The normalized spacial score (nSPS) is 13.3. The van der Waals surface area contributed by atoms with E-state index in [1.54, 1.807) is 18.2 Å². The lowest BCUT2D eigenvalue weighted by atomic mass is 9.99. The van der Waals surface area contributed by atoms with Crippen LogP contribution in [0.4, 0.5) is 15.4 Å². The zero-order valence-electron chi connectivity index (χ0n) is 24.7. The third-order valence-corrected chi connectivity index (χ3v) is 11.6. The number of rotatable bonds is 12. The molecule has 0 bridgehead atoms. The minimum atomic E-state index is -2.52. The smallest absolute Gasteiger partial charge is 0.413 e. The lowest BCUT2D eigenvalue weighted by Crippen LogP contribution is -2.56. The van der Waals surface area contributed by atoms with E-state index in [0.29, 0.717) is 5.56 Å². The van der Waals surface area contributed by atoms with Gasteiger partial charge in [0, 0.05) is 18.2 Å². The molecule has 10 heteroatoms. The number of nitrogens with one attached hydrogen (secondary N) is 1. The zero-order valence-corrected chi connectivity index (χ0v) is 25.7. The van der Waals surface area contributed by atoms with Gasteiger partial charge in [0.15, 0.2) is 19.8 Å². The molecular formula is C32H39N3O6Si. The van der Waals surface area contributed by atoms with E-state index in [1.165, 1.54) is 18.3 Å². The Bertz CT molecular complexity index is 1360. The summed E-state index contributed by atoms with van der Waals surface area (Å²) >= 11 is 0. The number of ether oxygens (including phenoxy) is 1. The van der Waals surface area contributed by atoms with Crippen LogP contribution in [0.2, 0.25) is 18.1 Å². The number of hydrogen-bond acceptors (Lipinski definition) is 6. The molecule has 0 radical (unpaired) electrons. The number of nitrogens with zero attached hydrogens (tertiary/aromatic N) is 2. The second-order valence-electron chi connectivity index (χ2n) is 11.4. The van der Waals surface area contributed by atoms with Crippen molar-refractivity contribution in [1.82, 2.24) is 10.3 Å². The molecule has 0 aliphatic rings. The lowest BCUT2D eigenvalue weighted by Gasteiger charge is -2.45. The first-order valence-corrected chi connectivity index (χ1v) is 16.6. The second kappa shape index (κ2) is 14.1. The minimum absolute atomic E-state index is 0.0739. The van der Waals surface area contributed by atoms with Crippen molar-refractivity contribution < 1.29 is 28.7 Å². The van der Waals surface area contributed by atoms with Crippen LogP contribution in [0.15, 0.2) is 97.2 Å². The summed E-state index contributed by atoms with van der Waals surface area (Å²) < 4.78 is 12.5. The van der Waals surface area contributed by atoms with Crippen LogP contribution in [-0.2, 0) is 26.3 Å². The van der Waals surface area contributed by atoms with Gasteiger partial charge in [-0.05, 0) is 41.9 Å². The van der Waals surface area contributed by atoms with Gasteiger partial charge in [0.25, 0.3) is 0 Å². The average Bonchev–Trinajstić information content (AvgIpc) is 2.95. The summed E-state index contributed by atoms with van der Waals surface area (Å²) in [5.41, 5.74) is 0.163. The highest BCUT2D eigenvalue weighted by Crippen LogP contribution is 2.42. The summed E-state index contributed by atoms with van der Waals surface area (Å²) in [4.78, 5) is 42.9. The summed E-state index contributed by atoms with van der Waals surface area (Å²) in [5.74, 6) is -0.307. The van der Waals surface area contributed by atoms with Crippen LogP contribution in [0.5, 0.6) is 0 Å². The van der Waals surface area contributed by atoms with Crippen LogP contribution < -0.4 is 10.2 Å². The molecule has 0 aliphatic carbocycles. The SMILES string of the molecule is CC(C)(C)[Si](C)(C)OC(CC=CC(=O)CN(C(=O)O)c1ccccn1)(NC(=O)OCc1ccccc1)c1ccccc1. The van der Waals surface area contributed by atoms with Crippen LogP contribution in [0.1, 0.15) is 38.3 Å². The molecule has 3 aromatic rings. The van der Waals surface area contributed by atoms with Crippen LogP contribution in [-0.4, -0.2) is 42.9 Å². The molecule has 2 aromatic carbocycles. The Hall–Kier alpha value is -4.28. The Morgan fingerprint density at radius 3 is 2.14 bits per heavy atom. The molecule has 222 valence electrons. The maximum Gasteiger partial charge on any atom is 0.413 e. The van der Waals surface area contributed by atoms with Gasteiger partial charge in [-0.25, -0.2) is 14.6 Å². The van der Waals surface area contributed by atoms with Gasteiger partial charge in [0.1, 0.15) is 12.4 Å². The fraction of sp³-hybridized carbons (Fsp3) is 0.312. The van der Waals surface area contributed by atoms with Crippen LogP contribution >= 0.6 is 0 Å². The average molecular weight is 590 g/mol. The standard InChI is InChI=1S/C32H39N3O6Si/c1-31(2,3)42(4,5)41-32(26-17-10-7-11-18-26,34-29(37)40-24-25-15-8-6-9-16-25)21-14-19-27(36)23-35(30(38)39)28-20-12-13-22-33-28/h6-20,22H,21,23-24H2,1-5H3,(H,34,37)(H,38,39). The molecule has 1 unspecified atom stereocenters. The molecule has 2 amide bonds. The highest BCUT2D eigenvalue weighted by molar-refractivity contribution is 6.74. The summed E-state index contributed by atoms with van der Waals surface area (Å²) in [7, 11) is -2.52. The van der Waals surface area contributed by atoms with Gasteiger partial charge in [-0.2, -0.15) is 0 Å². The maximum absolute atomic E-state index is 13.2. The Kier molecular flexibility index (Phi) is 10.8. The number of amides is 2. The maximum atomic E-state index is 13.2. The second-order valence-corrected chi connectivity index (χ2v) is 16.1. The van der Waals surface area contributed by atoms with Crippen molar-refractivity contribution in [2.45, 2.75) is 57.7 Å². The van der Waals surface area contributed by atoms with Gasteiger partial charge in [-0.1, -0.05) is 93.6 Å². The third kappa shape index (κ3) is 8.86. The summed E-state index contributed by atoms with van der Waals surface area (Å²) in [6.07, 6.45) is 2.49. The van der Waals surface area contributed by atoms with Crippen molar-refractivity contribution >= 4 is 32.1 Å². The van der Waals surface area contributed by atoms with E-state index in [0.717, 1.165) is 10.5 Å². The van der Waals surface area contributed by atoms with Crippen LogP contribution in [0.25, 0.3) is 0 Å². The van der Waals surface area contributed by atoms with Crippen molar-refractivity contribution in [2.24, 2.45) is 0 Å². The van der Waals surface area contributed by atoms with E-state index in [1.807, 2.05) is 60.7 Å². The lowest BCUT2D eigenvalue weighted by molar-refractivity contribution is -0.113. The number of anilines is 1. The van der Waals surface area contributed by atoms with Crippen molar-refractivity contribution in [3.8, 4) is 0 Å². The quantitative estimate of drug-likeness (QED) is 0.134. The highest BCUT2D eigenvalue weighted by atomic mass is 28.4. The van der Waals surface area contributed by atoms with E-state index >= 15 is 0 Å². The molecule has 1 heterocycles. The van der Waals surface area contributed by atoms with Gasteiger partial charge in [-0.3, -0.25) is 15.0 Å². The summed E-state index contributed by atoms with van der Waals surface area (Å²) in [6, 6.07) is 23.5. The molecule has 1 atom stereocenters. The first-order valence-electron chi connectivity index (χ1n) is 13.7. The highest BCUT2D eigenvalue weighted by Gasteiger charge is 2.46. The number of hydrogen-bond donors (Lipinski definition) is 2. The van der Waals surface area contributed by atoms with E-state index in [-0.39, 0.29) is 23.9 Å². The monoisotopic (exact) mass is 589 g/mol. The fourth-order valence-corrected chi connectivity index (χ4v) is 5.34. The molecule has 9 nitrogen and oxygen atoms in total. The number of aromatic nitrogens is 1. The summed E-state index contributed by atoms with van der Waals surface area (Å²) in [6.45, 7) is 10.1.